The lowest BCUT2D eigenvalue weighted by Gasteiger charge is -2.39. The van der Waals surface area contributed by atoms with E-state index >= 15 is 0 Å². The van der Waals surface area contributed by atoms with Crippen molar-refractivity contribution in [1.82, 2.24) is 0 Å². The van der Waals surface area contributed by atoms with Crippen molar-refractivity contribution in [3.8, 4) is 0 Å². The van der Waals surface area contributed by atoms with Gasteiger partial charge in [-0.05, 0) is 86.9 Å². The highest BCUT2D eigenvalue weighted by Gasteiger charge is 2.36. The van der Waals surface area contributed by atoms with E-state index in [1.54, 1.807) is 0 Å². The van der Waals surface area contributed by atoms with E-state index in [1.165, 1.54) is 38.5 Å². The van der Waals surface area contributed by atoms with Crippen LogP contribution in [0.2, 0.25) is 0 Å². The number of ether oxygens (including phenoxy) is 1. The van der Waals surface area contributed by atoms with Crippen LogP contribution in [0.25, 0.3) is 0 Å². The second-order valence-electron chi connectivity index (χ2n) is 9.98. The highest BCUT2D eigenvalue weighted by Crippen LogP contribution is 2.42. The van der Waals surface area contributed by atoms with Crippen LogP contribution in [0.3, 0.4) is 0 Å². The highest BCUT2D eigenvalue weighted by atomic mass is 16.5. The third kappa shape index (κ3) is 6.70. The summed E-state index contributed by atoms with van der Waals surface area (Å²) in [6.45, 7) is 9.38. The van der Waals surface area contributed by atoms with Gasteiger partial charge in [0, 0.05) is 0 Å². The predicted molar refractivity (Wildman–Crippen MR) is 114 cm³/mol. The van der Waals surface area contributed by atoms with E-state index in [0.29, 0.717) is 11.8 Å². The van der Waals surface area contributed by atoms with Crippen molar-refractivity contribution in [2.75, 3.05) is 0 Å². The van der Waals surface area contributed by atoms with Crippen molar-refractivity contribution >= 4 is 5.97 Å². The molecule has 3 rings (SSSR count). The van der Waals surface area contributed by atoms with Gasteiger partial charge in [-0.15, -0.1) is 0 Å². The van der Waals surface area contributed by atoms with Gasteiger partial charge in [0.15, 0.2) is 0 Å². The van der Waals surface area contributed by atoms with E-state index in [1.807, 2.05) is 0 Å². The minimum atomic E-state index is 0. The second-order valence-corrected chi connectivity index (χ2v) is 9.98. The lowest BCUT2D eigenvalue weighted by atomic mass is 9.69. The quantitative estimate of drug-likeness (QED) is 0.667. The standard InChI is InChI=1S/C23H40O2.3H2O/c1-15-5-7-19(8-6-15)20-9-11-21(12-10-20)23(24)25-22-13-16(2)18(4)17(3)14-22;;;/h15-22H,5-14H2,1-4H3;3*1H2. The summed E-state index contributed by atoms with van der Waals surface area (Å²) in [6, 6.07) is 0. The van der Waals surface area contributed by atoms with Crippen LogP contribution in [0.15, 0.2) is 0 Å². The van der Waals surface area contributed by atoms with Gasteiger partial charge in [-0.2, -0.15) is 0 Å². The molecule has 168 valence electrons. The van der Waals surface area contributed by atoms with Crippen LogP contribution < -0.4 is 0 Å². The molecular weight excluding hydrogens is 356 g/mol. The third-order valence-electron chi connectivity index (χ3n) is 8.18. The Morgan fingerprint density at radius 2 is 1.11 bits per heavy atom. The first-order chi connectivity index (χ1) is 11.9. The topological polar surface area (TPSA) is 121 Å². The lowest BCUT2D eigenvalue weighted by molar-refractivity contribution is -0.159. The van der Waals surface area contributed by atoms with Crippen LogP contribution in [0.4, 0.5) is 0 Å². The largest absolute Gasteiger partial charge is 0.462 e. The fourth-order valence-corrected chi connectivity index (χ4v) is 5.86. The molecule has 3 aliphatic carbocycles. The van der Waals surface area contributed by atoms with Crippen LogP contribution in [0, 0.1) is 41.4 Å². The van der Waals surface area contributed by atoms with E-state index in [2.05, 4.69) is 27.7 Å². The Kier molecular flexibility index (Phi) is 11.9. The zero-order chi connectivity index (χ0) is 18.0. The molecule has 0 aromatic rings. The molecule has 3 fully saturated rings. The summed E-state index contributed by atoms with van der Waals surface area (Å²) in [5.74, 6) is 5.16. The van der Waals surface area contributed by atoms with Gasteiger partial charge in [0.1, 0.15) is 6.10 Å². The van der Waals surface area contributed by atoms with Gasteiger partial charge < -0.3 is 21.2 Å². The van der Waals surface area contributed by atoms with Gasteiger partial charge in [0.25, 0.3) is 0 Å². The maximum atomic E-state index is 12.7. The summed E-state index contributed by atoms with van der Waals surface area (Å²) in [5, 5.41) is 0. The van der Waals surface area contributed by atoms with Crippen molar-refractivity contribution in [2.45, 2.75) is 98.0 Å². The Labute approximate surface area is 171 Å². The Morgan fingerprint density at radius 1 is 0.679 bits per heavy atom. The number of carbonyl (C=O) groups is 1. The monoisotopic (exact) mass is 402 g/mol. The molecule has 3 aliphatic rings. The number of hydrogen-bond donors (Lipinski definition) is 0. The molecule has 6 N–H and O–H groups in total. The van der Waals surface area contributed by atoms with Gasteiger partial charge in [-0.3, -0.25) is 4.79 Å². The van der Waals surface area contributed by atoms with E-state index in [9.17, 15) is 4.79 Å². The maximum absolute atomic E-state index is 12.7. The molecule has 0 aliphatic heterocycles. The fraction of sp³-hybridized carbons (Fsp3) is 0.957. The first-order valence-corrected chi connectivity index (χ1v) is 11.1. The minimum absolute atomic E-state index is 0. The normalized spacial score (nSPS) is 40.9. The molecule has 2 unspecified atom stereocenters. The molecule has 0 spiro atoms. The Balaban J connectivity index is 0.00000243. The number of rotatable bonds is 3. The van der Waals surface area contributed by atoms with Crippen LogP contribution in [-0.2, 0) is 9.53 Å². The maximum Gasteiger partial charge on any atom is 0.309 e. The fourth-order valence-electron chi connectivity index (χ4n) is 5.86. The van der Waals surface area contributed by atoms with Crippen LogP contribution in [-0.4, -0.2) is 28.5 Å². The van der Waals surface area contributed by atoms with Gasteiger partial charge in [-0.1, -0.05) is 40.5 Å². The van der Waals surface area contributed by atoms with Gasteiger partial charge in [0.05, 0.1) is 5.92 Å². The minimum Gasteiger partial charge on any atom is -0.462 e. The first kappa shape index (κ1) is 27.4. The smallest absolute Gasteiger partial charge is 0.309 e. The van der Waals surface area contributed by atoms with Gasteiger partial charge in [0.2, 0.25) is 0 Å². The SMILES string of the molecule is CC1CCC(C2CCC(C(=O)OC3CC(C)C(C)C(C)C3)CC2)CC1.O.O.O. The van der Waals surface area contributed by atoms with Crippen molar-refractivity contribution in [1.29, 1.82) is 0 Å². The molecule has 28 heavy (non-hydrogen) atoms. The molecule has 0 bridgehead atoms. The molecule has 0 heterocycles. The molecule has 0 aromatic heterocycles. The summed E-state index contributed by atoms with van der Waals surface area (Å²) in [5.41, 5.74) is 0. The van der Waals surface area contributed by atoms with E-state index < -0.39 is 0 Å². The van der Waals surface area contributed by atoms with Crippen molar-refractivity contribution < 1.29 is 26.0 Å². The van der Waals surface area contributed by atoms with Crippen LogP contribution in [0.5, 0.6) is 0 Å². The van der Waals surface area contributed by atoms with Crippen LogP contribution in [0.1, 0.15) is 91.9 Å². The zero-order valence-corrected chi connectivity index (χ0v) is 18.5. The molecule has 0 aromatic carbocycles. The number of esters is 1. The Hall–Kier alpha value is -0.650. The number of carbonyl (C=O) groups excluding carboxylic acids is 1. The molecule has 0 amide bonds. The van der Waals surface area contributed by atoms with E-state index in [4.69, 9.17) is 4.74 Å². The zero-order valence-electron chi connectivity index (χ0n) is 18.5. The van der Waals surface area contributed by atoms with Crippen molar-refractivity contribution in [3.05, 3.63) is 0 Å². The molecule has 0 radical (unpaired) electrons. The average molecular weight is 403 g/mol. The van der Waals surface area contributed by atoms with Gasteiger partial charge in [-0.25, -0.2) is 0 Å². The lowest BCUT2D eigenvalue weighted by Crippen LogP contribution is -2.36. The highest BCUT2D eigenvalue weighted by molar-refractivity contribution is 5.72. The average Bonchev–Trinajstić information content (AvgIpc) is 2.60. The van der Waals surface area contributed by atoms with Crippen molar-refractivity contribution in [3.63, 3.8) is 0 Å². The van der Waals surface area contributed by atoms with Crippen LogP contribution >= 0.6 is 0 Å². The summed E-state index contributed by atoms with van der Waals surface area (Å²) in [4.78, 5) is 12.7. The second kappa shape index (κ2) is 12.1. The number of hydrogen-bond acceptors (Lipinski definition) is 2. The molecule has 0 saturated heterocycles. The Bertz CT molecular complexity index is 426. The summed E-state index contributed by atoms with van der Waals surface area (Å²) in [6.07, 6.45) is 12.7. The van der Waals surface area contributed by atoms with E-state index in [0.717, 1.165) is 49.4 Å². The van der Waals surface area contributed by atoms with Crippen molar-refractivity contribution in [2.24, 2.45) is 41.4 Å². The molecular formula is C23H46O5. The first-order valence-electron chi connectivity index (χ1n) is 11.1. The molecule has 2 atom stereocenters. The molecule has 5 nitrogen and oxygen atoms in total. The molecule has 3 saturated carbocycles. The van der Waals surface area contributed by atoms with E-state index in [-0.39, 0.29) is 34.4 Å². The Morgan fingerprint density at radius 3 is 1.57 bits per heavy atom. The van der Waals surface area contributed by atoms with Gasteiger partial charge >= 0.3 is 5.97 Å². The summed E-state index contributed by atoms with van der Waals surface area (Å²) < 4.78 is 5.98. The summed E-state index contributed by atoms with van der Waals surface area (Å²) in [7, 11) is 0. The summed E-state index contributed by atoms with van der Waals surface area (Å²) >= 11 is 0. The molecule has 5 heteroatoms. The third-order valence-corrected chi connectivity index (χ3v) is 8.18. The predicted octanol–water partition coefficient (Wildman–Crippen LogP) is 3.76.